The van der Waals surface area contributed by atoms with Crippen molar-refractivity contribution < 1.29 is 9.53 Å². The van der Waals surface area contributed by atoms with E-state index in [1.165, 1.54) is 5.56 Å². The summed E-state index contributed by atoms with van der Waals surface area (Å²) in [5.41, 5.74) is 1.17. The summed E-state index contributed by atoms with van der Waals surface area (Å²) < 4.78 is 5.11. The lowest BCUT2D eigenvalue weighted by Gasteiger charge is -2.23. The summed E-state index contributed by atoms with van der Waals surface area (Å²) in [6.45, 7) is 2.01. The van der Waals surface area contributed by atoms with Crippen molar-refractivity contribution in [1.29, 1.82) is 0 Å². The van der Waals surface area contributed by atoms with Crippen molar-refractivity contribution in [2.24, 2.45) is 0 Å². The molecule has 2 N–H and O–H groups in total. The molecule has 0 spiro atoms. The monoisotopic (exact) mass is 262 g/mol. The number of nitrogens with one attached hydrogen (secondary N) is 2. The first-order valence-corrected chi connectivity index (χ1v) is 6.91. The van der Waals surface area contributed by atoms with Gasteiger partial charge in [0.05, 0.1) is 7.11 Å². The van der Waals surface area contributed by atoms with Crippen LogP contribution >= 0.6 is 0 Å². The van der Waals surface area contributed by atoms with Gasteiger partial charge in [-0.1, -0.05) is 12.1 Å². The first-order valence-electron chi connectivity index (χ1n) is 6.91. The standard InChI is InChI=1S/C15H22N2O2/c1-19-14-5-2-12(3-6-14)4-7-15(18)17-13-8-10-16-11-9-13/h2-3,5-6,13,16H,4,7-11H2,1H3,(H,17,18). The molecule has 0 aromatic heterocycles. The molecule has 1 aliphatic heterocycles. The molecule has 2 rings (SSSR count). The molecule has 19 heavy (non-hydrogen) atoms. The van der Waals surface area contributed by atoms with E-state index in [0.717, 1.165) is 38.1 Å². The van der Waals surface area contributed by atoms with Crippen LogP contribution in [0.3, 0.4) is 0 Å². The Kier molecular flexibility index (Phi) is 5.21. The lowest BCUT2D eigenvalue weighted by molar-refractivity contribution is -0.121. The maximum Gasteiger partial charge on any atom is 0.220 e. The Bertz CT molecular complexity index is 397. The number of amides is 1. The zero-order valence-corrected chi connectivity index (χ0v) is 11.4. The summed E-state index contributed by atoms with van der Waals surface area (Å²) in [5.74, 6) is 1.01. The molecule has 0 bridgehead atoms. The van der Waals surface area contributed by atoms with Gasteiger partial charge in [0.1, 0.15) is 5.75 Å². The summed E-state index contributed by atoms with van der Waals surface area (Å²) in [7, 11) is 1.65. The van der Waals surface area contributed by atoms with E-state index < -0.39 is 0 Å². The van der Waals surface area contributed by atoms with Crippen molar-refractivity contribution >= 4 is 5.91 Å². The Hall–Kier alpha value is -1.55. The molecule has 4 nitrogen and oxygen atoms in total. The van der Waals surface area contributed by atoms with Crippen molar-refractivity contribution in [2.45, 2.75) is 31.7 Å². The topological polar surface area (TPSA) is 50.4 Å². The van der Waals surface area contributed by atoms with E-state index in [-0.39, 0.29) is 5.91 Å². The third-order valence-electron chi connectivity index (χ3n) is 3.50. The van der Waals surface area contributed by atoms with Crippen molar-refractivity contribution in [3.63, 3.8) is 0 Å². The Morgan fingerprint density at radius 3 is 2.63 bits per heavy atom. The van der Waals surface area contributed by atoms with Crippen LogP contribution in [-0.4, -0.2) is 32.1 Å². The van der Waals surface area contributed by atoms with Gasteiger partial charge >= 0.3 is 0 Å². The predicted molar refractivity (Wildman–Crippen MR) is 75.3 cm³/mol. The third kappa shape index (κ3) is 4.56. The Balaban J connectivity index is 1.72. The smallest absolute Gasteiger partial charge is 0.220 e. The van der Waals surface area contributed by atoms with Crippen LogP contribution in [0.5, 0.6) is 5.75 Å². The van der Waals surface area contributed by atoms with Crippen LogP contribution in [-0.2, 0) is 11.2 Å². The molecule has 0 unspecified atom stereocenters. The SMILES string of the molecule is COc1ccc(CCC(=O)NC2CCNCC2)cc1. The van der Waals surface area contributed by atoms with Crippen molar-refractivity contribution in [3.8, 4) is 5.75 Å². The number of benzene rings is 1. The Labute approximate surface area is 114 Å². The normalized spacial score (nSPS) is 16.1. The fourth-order valence-corrected chi connectivity index (χ4v) is 2.32. The van der Waals surface area contributed by atoms with Crippen LogP contribution < -0.4 is 15.4 Å². The van der Waals surface area contributed by atoms with E-state index >= 15 is 0 Å². The molecule has 0 atom stereocenters. The lowest BCUT2D eigenvalue weighted by atomic mass is 10.1. The van der Waals surface area contributed by atoms with Gasteiger partial charge in [0, 0.05) is 12.5 Å². The van der Waals surface area contributed by atoms with E-state index in [0.29, 0.717) is 12.5 Å². The summed E-state index contributed by atoms with van der Waals surface area (Å²) >= 11 is 0. The van der Waals surface area contributed by atoms with Crippen molar-refractivity contribution in [1.82, 2.24) is 10.6 Å². The molecule has 1 fully saturated rings. The van der Waals surface area contributed by atoms with Gasteiger partial charge in [-0.2, -0.15) is 0 Å². The fourth-order valence-electron chi connectivity index (χ4n) is 2.32. The number of methoxy groups -OCH3 is 1. The van der Waals surface area contributed by atoms with Gasteiger partial charge in [-0.25, -0.2) is 0 Å². The maximum absolute atomic E-state index is 11.9. The van der Waals surface area contributed by atoms with Crippen molar-refractivity contribution in [3.05, 3.63) is 29.8 Å². The zero-order valence-electron chi connectivity index (χ0n) is 11.4. The highest BCUT2D eigenvalue weighted by Crippen LogP contribution is 2.12. The fraction of sp³-hybridized carbons (Fsp3) is 0.533. The highest BCUT2D eigenvalue weighted by molar-refractivity contribution is 5.76. The summed E-state index contributed by atoms with van der Waals surface area (Å²) in [6, 6.07) is 8.23. The number of rotatable bonds is 5. The minimum atomic E-state index is 0.155. The number of carbonyl (C=O) groups is 1. The molecule has 0 saturated carbocycles. The van der Waals surface area contributed by atoms with Crippen LogP contribution in [0.15, 0.2) is 24.3 Å². The average molecular weight is 262 g/mol. The highest BCUT2D eigenvalue weighted by Gasteiger charge is 2.14. The zero-order chi connectivity index (χ0) is 13.5. The summed E-state index contributed by atoms with van der Waals surface area (Å²) in [5, 5.41) is 6.40. The Morgan fingerprint density at radius 1 is 1.32 bits per heavy atom. The molecule has 1 aromatic carbocycles. The number of carbonyl (C=O) groups excluding carboxylic acids is 1. The van der Waals surface area contributed by atoms with E-state index in [1.807, 2.05) is 24.3 Å². The van der Waals surface area contributed by atoms with Gasteiger partial charge in [0.25, 0.3) is 0 Å². The molecule has 1 saturated heterocycles. The second-order valence-electron chi connectivity index (χ2n) is 4.94. The maximum atomic E-state index is 11.9. The molecule has 1 aliphatic rings. The molecule has 4 heteroatoms. The minimum absolute atomic E-state index is 0.155. The van der Waals surface area contributed by atoms with Gasteiger partial charge in [-0.3, -0.25) is 4.79 Å². The van der Waals surface area contributed by atoms with Crippen LogP contribution in [0, 0.1) is 0 Å². The average Bonchev–Trinajstić information content (AvgIpc) is 2.47. The number of aryl methyl sites for hydroxylation is 1. The lowest BCUT2D eigenvalue weighted by Crippen LogP contribution is -2.42. The van der Waals surface area contributed by atoms with E-state index in [2.05, 4.69) is 10.6 Å². The number of ether oxygens (including phenoxy) is 1. The molecule has 0 radical (unpaired) electrons. The summed E-state index contributed by atoms with van der Waals surface area (Å²) in [4.78, 5) is 11.9. The quantitative estimate of drug-likeness (QED) is 0.845. The number of hydrogen-bond donors (Lipinski definition) is 2. The molecule has 1 heterocycles. The van der Waals surface area contributed by atoms with Crippen LogP contribution in [0.4, 0.5) is 0 Å². The molecular formula is C15H22N2O2. The highest BCUT2D eigenvalue weighted by atomic mass is 16.5. The molecule has 104 valence electrons. The minimum Gasteiger partial charge on any atom is -0.497 e. The van der Waals surface area contributed by atoms with Gasteiger partial charge in [-0.15, -0.1) is 0 Å². The summed E-state index contributed by atoms with van der Waals surface area (Å²) in [6.07, 6.45) is 3.40. The number of hydrogen-bond acceptors (Lipinski definition) is 3. The number of piperidine rings is 1. The third-order valence-corrected chi connectivity index (χ3v) is 3.50. The molecule has 0 aliphatic carbocycles. The molecule has 1 aromatic rings. The second-order valence-corrected chi connectivity index (χ2v) is 4.94. The largest absolute Gasteiger partial charge is 0.497 e. The van der Waals surface area contributed by atoms with Crippen LogP contribution in [0.2, 0.25) is 0 Å². The van der Waals surface area contributed by atoms with Crippen LogP contribution in [0.25, 0.3) is 0 Å². The van der Waals surface area contributed by atoms with E-state index in [1.54, 1.807) is 7.11 Å². The predicted octanol–water partition coefficient (Wildman–Crippen LogP) is 1.50. The second kappa shape index (κ2) is 7.14. The van der Waals surface area contributed by atoms with Gasteiger partial charge < -0.3 is 15.4 Å². The first-order chi connectivity index (χ1) is 9.28. The van der Waals surface area contributed by atoms with Gasteiger partial charge in [0.2, 0.25) is 5.91 Å². The van der Waals surface area contributed by atoms with Crippen LogP contribution in [0.1, 0.15) is 24.8 Å². The van der Waals surface area contributed by atoms with Gasteiger partial charge in [0.15, 0.2) is 0 Å². The Morgan fingerprint density at radius 2 is 2.00 bits per heavy atom. The molecule has 1 amide bonds. The van der Waals surface area contributed by atoms with E-state index in [4.69, 9.17) is 4.74 Å². The van der Waals surface area contributed by atoms with E-state index in [9.17, 15) is 4.79 Å². The molecular weight excluding hydrogens is 240 g/mol. The van der Waals surface area contributed by atoms with Crippen molar-refractivity contribution in [2.75, 3.05) is 20.2 Å². The first kappa shape index (κ1) is 13.9. The van der Waals surface area contributed by atoms with Gasteiger partial charge in [-0.05, 0) is 50.0 Å².